The average molecular weight is 389 g/mol. The van der Waals surface area contributed by atoms with E-state index in [9.17, 15) is 0 Å². The summed E-state index contributed by atoms with van der Waals surface area (Å²) in [5.41, 5.74) is 10.9. The van der Waals surface area contributed by atoms with Crippen molar-refractivity contribution in [2.75, 3.05) is 0 Å². The summed E-state index contributed by atoms with van der Waals surface area (Å²) >= 11 is 0. The molecule has 0 spiro atoms. The Bertz CT molecular complexity index is 899. The first-order chi connectivity index (χ1) is 14.8. The minimum atomic E-state index is 1.13. The molecule has 0 saturated carbocycles. The van der Waals surface area contributed by atoms with Crippen LogP contribution < -0.4 is 0 Å². The summed E-state index contributed by atoms with van der Waals surface area (Å²) in [7, 11) is 0. The maximum atomic E-state index is 2.29. The predicted molar refractivity (Wildman–Crippen MR) is 128 cm³/mol. The van der Waals surface area contributed by atoms with Crippen LogP contribution in [0.5, 0.6) is 0 Å². The smallest absolute Gasteiger partial charge is 0.0184 e. The number of hydrogen-bond donors (Lipinski definition) is 0. The van der Waals surface area contributed by atoms with Gasteiger partial charge in [-0.1, -0.05) is 97.1 Å². The molecule has 0 nitrogen and oxygen atoms in total. The van der Waals surface area contributed by atoms with Crippen LogP contribution in [-0.4, -0.2) is 0 Å². The first kappa shape index (κ1) is 18.9. The van der Waals surface area contributed by atoms with Gasteiger partial charge in [0.25, 0.3) is 0 Å². The third kappa shape index (κ3) is 4.39. The number of aryl methyl sites for hydroxylation is 4. The van der Waals surface area contributed by atoms with Crippen LogP contribution >= 0.6 is 0 Å². The van der Waals surface area contributed by atoms with Crippen molar-refractivity contribution in [1.82, 2.24) is 0 Å². The highest BCUT2D eigenvalue weighted by atomic mass is 14.1. The molecule has 0 atom stereocenters. The zero-order valence-corrected chi connectivity index (χ0v) is 17.5. The lowest BCUT2D eigenvalue weighted by Crippen LogP contribution is -1.92. The second kappa shape index (κ2) is 8.71. The van der Waals surface area contributed by atoms with Gasteiger partial charge in [0, 0.05) is 0 Å². The summed E-state index contributed by atoms with van der Waals surface area (Å²) in [6.07, 6.45) is 6.87. The summed E-state index contributed by atoms with van der Waals surface area (Å²) in [5, 5.41) is 0. The van der Waals surface area contributed by atoms with E-state index in [1.165, 1.54) is 57.3 Å². The van der Waals surface area contributed by atoms with Crippen LogP contribution in [0.4, 0.5) is 0 Å². The van der Waals surface area contributed by atoms with Crippen molar-refractivity contribution in [3.63, 3.8) is 0 Å². The topological polar surface area (TPSA) is 0 Å². The van der Waals surface area contributed by atoms with Crippen molar-refractivity contribution in [1.29, 1.82) is 0 Å². The van der Waals surface area contributed by atoms with Crippen LogP contribution in [0, 0.1) is 0 Å². The summed E-state index contributed by atoms with van der Waals surface area (Å²) in [5.74, 6) is 0. The lowest BCUT2D eigenvalue weighted by molar-refractivity contribution is 0.820. The van der Waals surface area contributed by atoms with Crippen molar-refractivity contribution in [3.05, 3.63) is 119 Å². The van der Waals surface area contributed by atoms with Crippen molar-refractivity contribution in [2.45, 2.75) is 38.5 Å². The standard InChI is InChI=1S/C30H28/c1-3-23-7-15-27(16-8-23)29-19-11-25(12-20-29)5-2-6-26-13-21-30(22-14-26)28-17-9-24(4-1)10-18-28/h7-22H,1-6H2. The Kier molecular flexibility index (Phi) is 5.48. The van der Waals surface area contributed by atoms with Crippen LogP contribution in [0.3, 0.4) is 0 Å². The Labute approximate surface area is 180 Å². The molecule has 0 aliphatic heterocycles. The van der Waals surface area contributed by atoms with Crippen LogP contribution in [0.25, 0.3) is 22.3 Å². The molecule has 0 amide bonds. The van der Waals surface area contributed by atoms with Gasteiger partial charge in [-0.3, -0.25) is 0 Å². The van der Waals surface area contributed by atoms with E-state index < -0.39 is 0 Å². The zero-order chi connectivity index (χ0) is 20.2. The van der Waals surface area contributed by atoms with Crippen molar-refractivity contribution in [2.24, 2.45) is 0 Å². The highest BCUT2D eigenvalue weighted by Gasteiger charge is 2.03. The molecule has 8 bridgehead atoms. The summed E-state index contributed by atoms with van der Waals surface area (Å²) in [6, 6.07) is 36.5. The third-order valence-electron chi connectivity index (χ3n) is 6.34. The summed E-state index contributed by atoms with van der Waals surface area (Å²) in [6.45, 7) is 0. The fourth-order valence-electron chi connectivity index (χ4n) is 4.45. The van der Waals surface area contributed by atoms with E-state index in [0.29, 0.717) is 0 Å². The minimum absolute atomic E-state index is 1.13. The van der Waals surface area contributed by atoms with Gasteiger partial charge >= 0.3 is 0 Å². The molecule has 0 saturated heterocycles. The quantitative estimate of drug-likeness (QED) is 0.290. The van der Waals surface area contributed by atoms with E-state index in [1.807, 2.05) is 0 Å². The molecule has 4 aromatic rings. The second-order valence-corrected chi connectivity index (χ2v) is 8.49. The first-order valence-corrected chi connectivity index (χ1v) is 11.2. The highest BCUT2D eigenvalue weighted by Crippen LogP contribution is 2.24. The minimum Gasteiger partial charge on any atom is -0.0584 e. The van der Waals surface area contributed by atoms with Crippen molar-refractivity contribution in [3.8, 4) is 22.3 Å². The zero-order valence-electron chi connectivity index (χ0n) is 17.5. The number of hydrogen-bond acceptors (Lipinski definition) is 0. The Hall–Kier alpha value is -3.12. The van der Waals surface area contributed by atoms with Crippen LogP contribution in [0.15, 0.2) is 97.1 Å². The molecular formula is C30H28. The predicted octanol–water partition coefficient (Wildman–Crippen LogP) is 7.68. The normalized spacial score (nSPS) is 13.9. The fourth-order valence-corrected chi connectivity index (χ4v) is 4.45. The van der Waals surface area contributed by atoms with Gasteiger partial charge in [0.05, 0.1) is 0 Å². The molecule has 30 heavy (non-hydrogen) atoms. The van der Waals surface area contributed by atoms with Gasteiger partial charge in [0.15, 0.2) is 0 Å². The summed E-state index contributed by atoms with van der Waals surface area (Å²) < 4.78 is 0. The third-order valence-corrected chi connectivity index (χ3v) is 6.34. The van der Waals surface area contributed by atoms with Gasteiger partial charge in [0.2, 0.25) is 0 Å². The molecule has 10 aliphatic rings. The molecule has 0 heteroatoms. The Balaban J connectivity index is 1.41. The molecule has 148 valence electrons. The van der Waals surface area contributed by atoms with Crippen molar-refractivity contribution < 1.29 is 0 Å². The van der Waals surface area contributed by atoms with E-state index in [-0.39, 0.29) is 0 Å². The van der Waals surface area contributed by atoms with Gasteiger partial charge in [-0.05, 0) is 83.0 Å². The molecule has 14 rings (SSSR count). The molecule has 4 aromatic carbocycles. The van der Waals surface area contributed by atoms with Gasteiger partial charge < -0.3 is 0 Å². The lowest BCUT2D eigenvalue weighted by atomic mass is 9.96. The molecular weight excluding hydrogens is 360 g/mol. The maximum absolute atomic E-state index is 2.29. The Morgan fingerprint density at radius 2 is 0.467 bits per heavy atom. The molecule has 0 unspecified atom stereocenters. The largest absolute Gasteiger partial charge is 0.0584 e. The molecule has 0 heterocycles. The molecule has 10 aliphatic carbocycles. The summed E-state index contributed by atoms with van der Waals surface area (Å²) in [4.78, 5) is 0. The van der Waals surface area contributed by atoms with E-state index in [0.717, 1.165) is 25.7 Å². The van der Waals surface area contributed by atoms with E-state index in [2.05, 4.69) is 97.1 Å². The average Bonchev–Trinajstić information content (AvgIpc) is 2.81. The van der Waals surface area contributed by atoms with Crippen LogP contribution in [0.1, 0.15) is 35.1 Å². The van der Waals surface area contributed by atoms with Gasteiger partial charge in [-0.2, -0.15) is 0 Å². The Morgan fingerprint density at radius 1 is 0.267 bits per heavy atom. The molecule has 0 radical (unpaired) electrons. The van der Waals surface area contributed by atoms with Gasteiger partial charge in [0.1, 0.15) is 0 Å². The van der Waals surface area contributed by atoms with Crippen molar-refractivity contribution >= 4 is 0 Å². The SMILES string of the molecule is c1cc2ccc1CCCc1ccc(cc1)-c1ccc(cc1)CCCc1ccc-2cc1. The first-order valence-electron chi connectivity index (χ1n) is 11.2. The highest BCUT2D eigenvalue weighted by molar-refractivity contribution is 5.65. The van der Waals surface area contributed by atoms with E-state index in [1.54, 1.807) is 0 Å². The number of rotatable bonds is 0. The Morgan fingerprint density at radius 3 is 0.667 bits per heavy atom. The van der Waals surface area contributed by atoms with Gasteiger partial charge in [-0.15, -0.1) is 0 Å². The fraction of sp³-hybridized carbons (Fsp3) is 0.200. The monoisotopic (exact) mass is 388 g/mol. The molecule has 0 aromatic heterocycles. The second-order valence-electron chi connectivity index (χ2n) is 8.49. The molecule has 0 N–H and O–H groups in total. The van der Waals surface area contributed by atoms with E-state index >= 15 is 0 Å². The van der Waals surface area contributed by atoms with Crippen LogP contribution in [-0.2, 0) is 25.7 Å². The van der Waals surface area contributed by atoms with Gasteiger partial charge in [-0.25, -0.2) is 0 Å². The lowest BCUT2D eigenvalue weighted by Gasteiger charge is -2.09. The number of benzene rings is 4. The van der Waals surface area contributed by atoms with E-state index in [4.69, 9.17) is 0 Å². The molecule has 0 fully saturated rings. The van der Waals surface area contributed by atoms with Crippen LogP contribution in [0.2, 0.25) is 0 Å². The maximum Gasteiger partial charge on any atom is -0.0184 e.